The lowest BCUT2D eigenvalue weighted by Crippen LogP contribution is -2.07. The minimum atomic E-state index is 0.874. The molecule has 0 saturated heterocycles. The average molecular weight is 589 g/mol. The maximum Gasteiger partial charge on any atom is -0.00140 e. The van der Waals surface area contributed by atoms with E-state index >= 15 is 0 Å². The largest absolute Gasteiger partial charge is 0.0952 e. The summed E-state index contributed by atoms with van der Waals surface area (Å²) in [5.41, 5.74) is 15.9. The van der Waals surface area contributed by atoms with E-state index in [4.69, 9.17) is 6.58 Å². The van der Waals surface area contributed by atoms with E-state index in [-0.39, 0.29) is 0 Å². The summed E-state index contributed by atoms with van der Waals surface area (Å²) in [6, 6.07) is 32.8. The highest BCUT2D eigenvalue weighted by molar-refractivity contribution is 6.10. The fraction of sp³-hybridized carbons (Fsp3) is 0.200. The Balaban J connectivity index is 2.45. The van der Waals surface area contributed by atoms with Crippen LogP contribution in [-0.2, 0) is 0 Å². The Morgan fingerprint density at radius 1 is 0.622 bits per heavy atom. The van der Waals surface area contributed by atoms with Crippen LogP contribution in [0.15, 0.2) is 146 Å². The zero-order chi connectivity index (χ0) is 32.2. The van der Waals surface area contributed by atoms with Crippen molar-refractivity contribution in [2.45, 2.75) is 60.8 Å². The van der Waals surface area contributed by atoms with E-state index in [1.54, 1.807) is 0 Å². The van der Waals surface area contributed by atoms with Crippen LogP contribution in [0, 0.1) is 0 Å². The van der Waals surface area contributed by atoms with E-state index in [0.29, 0.717) is 0 Å². The zero-order valence-corrected chi connectivity index (χ0v) is 28.0. The van der Waals surface area contributed by atoms with Gasteiger partial charge in [0, 0.05) is 0 Å². The van der Waals surface area contributed by atoms with Crippen molar-refractivity contribution < 1.29 is 0 Å². The lowest BCUT2D eigenvalue weighted by atomic mass is 9.73. The predicted molar refractivity (Wildman–Crippen MR) is 202 cm³/mol. The predicted octanol–water partition coefficient (Wildman–Crippen LogP) is 13.8. The summed E-state index contributed by atoms with van der Waals surface area (Å²) in [5.74, 6) is 0. The van der Waals surface area contributed by atoms with Crippen LogP contribution in [0.4, 0.5) is 0 Å². The third-order valence-electron chi connectivity index (χ3n) is 7.99. The second kappa shape index (κ2) is 16.4. The molecule has 0 spiro atoms. The minimum Gasteiger partial charge on any atom is -0.0952 e. The standard InChI is InChI=1S/C45H48/c1-8-12-16-25-34(7)40-42(36(23-9-2)24-10-3)45(39-30-21-15-22-31-39)44(38-28-19-14-20-29-38)41(35(11-4)32-33(5)6)43(40)37-26-17-13-18-27-37/h8-9,11-15,17-24,26-32H,7,10,16,25H2,1-6H3/b12-8-,23-9-,35-11+,36-24+. The summed E-state index contributed by atoms with van der Waals surface area (Å²) >= 11 is 0. The van der Waals surface area contributed by atoms with E-state index < -0.39 is 0 Å². The lowest BCUT2D eigenvalue weighted by Gasteiger charge is -2.30. The molecular weight excluding hydrogens is 540 g/mol. The van der Waals surface area contributed by atoms with Crippen molar-refractivity contribution in [1.29, 1.82) is 0 Å². The number of benzene rings is 4. The molecular formula is C45H48. The second-order valence-corrected chi connectivity index (χ2v) is 11.6. The molecule has 4 aromatic carbocycles. The van der Waals surface area contributed by atoms with Crippen molar-refractivity contribution in [2.75, 3.05) is 0 Å². The van der Waals surface area contributed by atoms with E-state index in [2.05, 4.69) is 175 Å². The topological polar surface area (TPSA) is 0 Å². The first kappa shape index (κ1) is 33.2. The maximum atomic E-state index is 4.85. The first-order valence-electron chi connectivity index (χ1n) is 16.3. The summed E-state index contributed by atoms with van der Waals surface area (Å²) < 4.78 is 0. The molecule has 228 valence electrons. The molecule has 0 fully saturated rings. The zero-order valence-electron chi connectivity index (χ0n) is 28.0. The molecule has 0 unspecified atom stereocenters. The highest BCUT2D eigenvalue weighted by Gasteiger charge is 2.29. The summed E-state index contributed by atoms with van der Waals surface area (Å²) in [5, 5.41) is 0. The van der Waals surface area contributed by atoms with Crippen LogP contribution in [0.5, 0.6) is 0 Å². The van der Waals surface area contributed by atoms with Crippen LogP contribution in [0.2, 0.25) is 0 Å². The summed E-state index contributed by atoms with van der Waals surface area (Å²) in [6.07, 6.45) is 18.6. The molecule has 0 nitrogen and oxygen atoms in total. The molecule has 4 aromatic rings. The molecule has 0 N–H and O–H groups in total. The number of rotatable bonds is 12. The SMILES string of the molecule is C=C(CC/C=C\C)c1c(C(/C=C\C)=C/CC)c(-c2ccccc2)c(-c2ccccc2)c(/C(C=C(C)C)=C/C)c1-c1ccccc1. The highest BCUT2D eigenvalue weighted by Crippen LogP contribution is 2.52. The number of hydrogen-bond donors (Lipinski definition) is 0. The Bertz CT molecular complexity index is 1730. The van der Waals surface area contributed by atoms with E-state index in [0.717, 1.165) is 24.8 Å². The molecule has 0 heterocycles. The third kappa shape index (κ3) is 7.70. The summed E-state index contributed by atoms with van der Waals surface area (Å²) in [6.45, 7) is 17.8. The van der Waals surface area contributed by atoms with Gasteiger partial charge in [0.1, 0.15) is 0 Å². The Hall–Kier alpha value is -4.68. The minimum absolute atomic E-state index is 0.874. The smallest absolute Gasteiger partial charge is 0.00140 e. The quantitative estimate of drug-likeness (QED) is 0.114. The highest BCUT2D eigenvalue weighted by atomic mass is 14.3. The van der Waals surface area contributed by atoms with Gasteiger partial charge in [-0.3, -0.25) is 0 Å². The molecule has 0 saturated carbocycles. The molecule has 0 radical (unpaired) electrons. The van der Waals surface area contributed by atoms with Gasteiger partial charge in [0.2, 0.25) is 0 Å². The van der Waals surface area contributed by atoms with Crippen molar-refractivity contribution in [3.05, 3.63) is 162 Å². The van der Waals surface area contributed by atoms with Gasteiger partial charge in [-0.25, -0.2) is 0 Å². The molecule has 0 aliphatic carbocycles. The molecule has 0 aliphatic heterocycles. The molecule has 0 aliphatic rings. The Kier molecular flexibility index (Phi) is 12.1. The molecule has 0 heteroatoms. The molecule has 0 amide bonds. The van der Waals surface area contributed by atoms with Gasteiger partial charge in [-0.2, -0.15) is 0 Å². The Labute approximate surface area is 272 Å². The lowest BCUT2D eigenvalue weighted by molar-refractivity contribution is 1.07. The van der Waals surface area contributed by atoms with Gasteiger partial charge in [0.15, 0.2) is 0 Å². The molecule has 45 heavy (non-hydrogen) atoms. The molecule has 0 atom stereocenters. The van der Waals surface area contributed by atoms with Gasteiger partial charge < -0.3 is 0 Å². The van der Waals surface area contributed by atoms with Crippen molar-refractivity contribution in [3.63, 3.8) is 0 Å². The van der Waals surface area contributed by atoms with E-state index in [9.17, 15) is 0 Å². The fourth-order valence-electron chi connectivity index (χ4n) is 6.17. The van der Waals surface area contributed by atoms with Crippen molar-refractivity contribution >= 4 is 16.7 Å². The normalized spacial score (nSPS) is 12.2. The van der Waals surface area contributed by atoms with Crippen LogP contribution < -0.4 is 0 Å². The van der Waals surface area contributed by atoms with Gasteiger partial charge in [0.25, 0.3) is 0 Å². The van der Waals surface area contributed by atoms with Crippen molar-refractivity contribution in [1.82, 2.24) is 0 Å². The van der Waals surface area contributed by atoms with Gasteiger partial charge in [0.05, 0.1) is 0 Å². The molecule has 4 rings (SSSR count). The van der Waals surface area contributed by atoms with E-state index in [1.165, 1.54) is 66.8 Å². The van der Waals surface area contributed by atoms with Crippen molar-refractivity contribution in [3.8, 4) is 33.4 Å². The van der Waals surface area contributed by atoms with Crippen LogP contribution in [0.1, 0.15) is 77.5 Å². The second-order valence-electron chi connectivity index (χ2n) is 11.6. The van der Waals surface area contributed by atoms with Gasteiger partial charge in [-0.05, 0) is 121 Å². The summed E-state index contributed by atoms with van der Waals surface area (Å²) in [7, 11) is 0. The van der Waals surface area contributed by atoms with Crippen LogP contribution in [-0.4, -0.2) is 0 Å². The van der Waals surface area contributed by atoms with Gasteiger partial charge in [-0.1, -0.05) is 153 Å². The maximum absolute atomic E-state index is 4.85. The summed E-state index contributed by atoms with van der Waals surface area (Å²) in [4.78, 5) is 0. The monoisotopic (exact) mass is 588 g/mol. The van der Waals surface area contributed by atoms with Gasteiger partial charge >= 0.3 is 0 Å². The van der Waals surface area contributed by atoms with Gasteiger partial charge in [-0.15, -0.1) is 0 Å². The van der Waals surface area contributed by atoms with Crippen LogP contribution >= 0.6 is 0 Å². The molecule has 0 aromatic heterocycles. The van der Waals surface area contributed by atoms with E-state index in [1.807, 2.05) is 0 Å². The van der Waals surface area contributed by atoms with Crippen molar-refractivity contribution in [2.24, 2.45) is 0 Å². The number of allylic oxidation sites excluding steroid dienone is 11. The Morgan fingerprint density at radius 2 is 1.13 bits per heavy atom. The van der Waals surface area contributed by atoms with Crippen LogP contribution in [0.3, 0.4) is 0 Å². The fourth-order valence-corrected chi connectivity index (χ4v) is 6.17. The third-order valence-corrected chi connectivity index (χ3v) is 7.99. The average Bonchev–Trinajstić information content (AvgIpc) is 3.07. The number of hydrogen-bond acceptors (Lipinski definition) is 0. The van der Waals surface area contributed by atoms with Crippen LogP contribution in [0.25, 0.3) is 50.1 Å². The Morgan fingerprint density at radius 3 is 1.58 bits per heavy atom. The first-order valence-corrected chi connectivity index (χ1v) is 16.3. The first-order chi connectivity index (χ1) is 22.0. The molecule has 0 bridgehead atoms.